The van der Waals surface area contributed by atoms with Crippen molar-refractivity contribution in [3.8, 4) is 0 Å². The zero-order valence-corrected chi connectivity index (χ0v) is 12.4. The summed E-state index contributed by atoms with van der Waals surface area (Å²) in [6.07, 6.45) is 4.88. The molecule has 106 valence electrons. The highest BCUT2D eigenvalue weighted by Gasteiger charge is 2.26. The van der Waals surface area contributed by atoms with Crippen molar-refractivity contribution in [3.05, 3.63) is 35.4 Å². The molecule has 0 aromatic heterocycles. The highest BCUT2D eigenvalue weighted by atomic mass is 16.5. The van der Waals surface area contributed by atoms with Crippen molar-refractivity contribution in [2.24, 2.45) is 0 Å². The fourth-order valence-electron chi connectivity index (χ4n) is 3.16. The van der Waals surface area contributed by atoms with Crippen molar-refractivity contribution in [2.75, 3.05) is 7.11 Å². The molecule has 0 radical (unpaired) electrons. The summed E-state index contributed by atoms with van der Waals surface area (Å²) in [7, 11) is 1.71. The number of benzene rings is 1. The van der Waals surface area contributed by atoms with Crippen LogP contribution in [0.1, 0.15) is 56.6 Å². The zero-order valence-electron chi connectivity index (χ0n) is 12.4. The Morgan fingerprint density at radius 2 is 2.11 bits per heavy atom. The molecular formula is C17H26O2. The minimum absolute atomic E-state index is 0.242. The van der Waals surface area contributed by atoms with Crippen molar-refractivity contribution < 1.29 is 9.84 Å². The molecule has 19 heavy (non-hydrogen) atoms. The molecule has 0 bridgehead atoms. The maximum atomic E-state index is 10.3. The zero-order chi connectivity index (χ0) is 13.9. The SMILES string of the molecule is COC(C)(C)CC(O)CC1CCCc2ccccc21. The monoisotopic (exact) mass is 262 g/mol. The smallest absolute Gasteiger partial charge is 0.0647 e. The van der Waals surface area contributed by atoms with Gasteiger partial charge >= 0.3 is 0 Å². The van der Waals surface area contributed by atoms with Gasteiger partial charge in [0.2, 0.25) is 0 Å². The average molecular weight is 262 g/mol. The lowest BCUT2D eigenvalue weighted by atomic mass is 9.79. The van der Waals surface area contributed by atoms with E-state index >= 15 is 0 Å². The third-order valence-electron chi connectivity index (χ3n) is 4.33. The van der Waals surface area contributed by atoms with Crippen LogP contribution in [0.3, 0.4) is 0 Å². The molecule has 0 spiro atoms. The van der Waals surface area contributed by atoms with Gasteiger partial charge in [0.15, 0.2) is 0 Å². The molecule has 0 saturated heterocycles. The Balaban J connectivity index is 2.01. The van der Waals surface area contributed by atoms with Crippen LogP contribution in [-0.4, -0.2) is 23.9 Å². The number of hydrogen-bond acceptors (Lipinski definition) is 2. The summed E-state index contributed by atoms with van der Waals surface area (Å²) in [5.41, 5.74) is 2.67. The molecule has 0 heterocycles. The normalized spacial score (nSPS) is 20.9. The minimum atomic E-state index is -0.286. The number of fused-ring (bicyclic) bond motifs is 1. The molecule has 2 unspecified atom stereocenters. The number of hydrogen-bond donors (Lipinski definition) is 1. The molecule has 1 aromatic carbocycles. The summed E-state index contributed by atoms with van der Waals surface area (Å²) in [5, 5.41) is 10.3. The van der Waals surface area contributed by atoms with Crippen molar-refractivity contribution >= 4 is 0 Å². The van der Waals surface area contributed by atoms with Crippen molar-refractivity contribution in [1.82, 2.24) is 0 Å². The highest BCUT2D eigenvalue weighted by molar-refractivity contribution is 5.32. The topological polar surface area (TPSA) is 29.5 Å². The molecule has 0 saturated carbocycles. The lowest BCUT2D eigenvalue weighted by molar-refractivity contribution is -0.0228. The first kappa shape index (κ1) is 14.5. The molecule has 0 amide bonds. The van der Waals surface area contributed by atoms with Gasteiger partial charge in [-0.2, -0.15) is 0 Å². The second kappa shape index (κ2) is 6.06. The fraction of sp³-hybridized carbons (Fsp3) is 0.647. The fourth-order valence-corrected chi connectivity index (χ4v) is 3.16. The van der Waals surface area contributed by atoms with E-state index in [4.69, 9.17) is 4.74 Å². The molecular weight excluding hydrogens is 236 g/mol. The average Bonchev–Trinajstić information content (AvgIpc) is 2.38. The Morgan fingerprint density at radius 1 is 1.37 bits per heavy atom. The van der Waals surface area contributed by atoms with Gasteiger partial charge in [0.05, 0.1) is 11.7 Å². The Kier molecular flexibility index (Phi) is 4.64. The predicted octanol–water partition coefficient (Wildman–Crippen LogP) is 3.67. The third-order valence-corrected chi connectivity index (χ3v) is 4.33. The molecule has 0 aliphatic heterocycles. The minimum Gasteiger partial charge on any atom is -0.393 e. The van der Waals surface area contributed by atoms with Gasteiger partial charge in [-0.05, 0) is 56.6 Å². The van der Waals surface area contributed by atoms with Crippen molar-refractivity contribution in [2.45, 2.75) is 63.6 Å². The summed E-state index contributed by atoms with van der Waals surface area (Å²) in [5.74, 6) is 0.507. The first-order chi connectivity index (χ1) is 9.02. The predicted molar refractivity (Wildman–Crippen MR) is 78.4 cm³/mol. The molecule has 2 atom stereocenters. The van der Waals surface area contributed by atoms with Gasteiger partial charge in [0.1, 0.15) is 0 Å². The van der Waals surface area contributed by atoms with E-state index in [-0.39, 0.29) is 11.7 Å². The third kappa shape index (κ3) is 3.80. The molecule has 2 nitrogen and oxygen atoms in total. The Morgan fingerprint density at radius 3 is 2.84 bits per heavy atom. The number of aliphatic hydroxyl groups is 1. The van der Waals surface area contributed by atoms with E-state index < -0.39 is 0 Å². The van der Waals surface area contributed by atoms with Gasteiger partial charge in [0.25, 0.3) is 0 Å². The number of methoxy groups -OCH3 is 1. The molecule has 1 aliphatic carbocycles. The van der Waals surface area contributed by atoms with Gasteiger partial charge in [-0.25, -0.2) is 0 Å². The van der Waals surface area contributed by atoms with E-state index in [1.807, 2.05) is 13.8 Å². The standard InChI is InChI=1S/C17H26O2/c1-17(2,19-3)12-15(18)11-14-9-6-8-13-7-4-5-10-16(13)14/h4-5,7,10,14-15,18H,6,8-9,11-12H2,1-3H3. The number of rotatable bonds is 5. The Bertz CT molecular complexity index is 411. The lowest BCUT2D eigenvalue weighted by Crippen LogP contribution is -2.30. The molecule has 2 heteroatoms. The lowest BCUT2D eigenvalue weighted by Gasteiger charge is -2.30. The summed E-state index contributed by atoms with van der Waals surface area (Å²) in [4.78, 5) is 0. The van der Waals surface area contributed by atoms with E-state index in [0.717, 1.165) is 6.42 Å². The van der Waals surface area contributed by atoms with Crippen molar-refractivity contribution in [3.63, 3.8) is 0 Å². The van der Waals surface area contributed by atoms with Crippen molar-refractivity contribution in [1.29, 1.82) is 0 Å². The summed E-state index contributed by atoms with van der Waals surface area (Å²) in [6, 6.07) is 8.69. The van der Waals surface area contributed by atoms with Gasteiger partial charge in [-0.15, -0.1) is 0 Å². The summed E-state index contributed by atoms with van der Waals surface area (Å²) >= 11 is 0. The Labute approximate surface area is 116 Å². The van der Waals surface area contributed by atoms with Crippen LogP contribution in [0.15, 0.2) is 24.3 Å². The maximum absolute atomic E-state index is 10.3. The van der Waals surface area contributed by atoms with E-state index in [1.54, 1.807) is 7.11 Å². The van der Waals surface area contributed by atoms with Gasteiger partial charge < -0.3 is 9.84 Å². The Hall–Kier alpha value is -0.860. The van der Waals surface area contributed by atoms with Crippen LogP contribution < -0.4 is 0 Å². The molecule has 2 rings (SSSR count). The second-order valence-corrected chi connectivity index (χ2v) is 6.35. The first-order valence-corrected chi connectivity index (χ1v) is 7.33. The van der Waals surface area contributed by atoms with Crippen LogP contribution in [0, 0.1) is 0 Å². The van der Waals surface area contributed by atoms with Crippen LogP contribution in [0.25, 0.3) is 0 Å². The van der Waals surface area contributed by atoms with Crippen LogP contribution in [0.5, 0.6) is 0 Å². The van der Waals surface area contributed by atoms with Gasteiger partial charge in [-0.1, -0.05) is 24.3 Å². The van der Waals surface area contributed by atoms with Crippen LogP contribution in [0.2, 0.25) is 0 Å². The van der Waals surface area contributed by atoms with Crippen LogP contribution in [0.4, 0.5) is 0 Å². The highest BCUT2D eigenvalue weighted by Crippen LogP contribution is 2.35. The van der Waals surface area contributed by atoms with E-state index in [0.29, 0.717) is 12.3 Å². The van der Waals surface area contributed by atoms with Gasteiger partial charge in [0, 0.05) is 13.5 Å². The van der Waals surface area contributed by atoms with E-state index in [2.05, 4.69) is 24.3 Å². The molecule has 0 fully saturated rings. The number of aryl methyl sites for hydroxylation is 1. The second-order valence-electron chi connectivity index (χ2n) is 6.35. The molecule has 1 N–H and O–H groups in total. The van der Waals surface area contributed by atoms with Gasteiger partial charge in [-0.3, -0.25) is 0 Å². The largest absolute Gasteiger partial charge is 0.393 e. The van der Waals surface area contributed by atoms with Crippen LogP contribution >= 0.6 is 0 Å². The number of aliphatic hydroxyl groups excluding tert-OH is 1. The molecule has 1 aromatic rings. The van der Waals surface area contributed by atoms with Crippen LogP contribution in [-0.2, 0) is 11.2 Å². The quantitative estimate of drug-likeness (QED) is 0.877. The van der Waals surface area contributed by atoms with E-state index in [1.165, 1.54) is 30.4 Å². The summed E-state index contributed by atoms with van der Waals surface area (Å²) in [6.45, 7) is 4.07. The summed E-state index contributed by atoms with van der Waals surface area (Å²) < 4.78 is 5.41. The molecule has 1 aliphatic rings. The number of ether oxygens (including phenoxy) is 1. The first-order valence-electron chi connectivity index (χ1n) is 7.33. The maximum Gasteiger partial charge on any atom is 0.0647 e. The van der Waals surface area contributed by atoms with E-state index in [9.17, 15) is 5.11 Å².